The lowest BCUT2D eigenvalue weighted by molar-refractivity contribution is -0.218. The minimum absolute atomic E-state index is 0.113. The smallest absolute Gasteiger partial charge is 0.312 e. The zero-order chi connectivity index (χ0) is 12.8. The van der Waals surface area contributed by atoms with Crippen molar-refractivity contribution in [2.24, 2.45) is 11.3 Å². The molecule has 2 unspecified atom stereocenters. The lowest BCUT2D eigenvalue weighted by Crippen LogP contribution is -2.51. The quantitative estimate of drug-likeness (QED) is 0.529. The van der Waals surface area contributed by atoms with Gasteiger partial charge in [0.15, 0.2) is 5.79 Å². The molecule has 18 heavy (non-hydrogen) atoms. The van der Waals surface area contributed by atoms with E-state index in [-0.39, 0.29) is 5.97 Å². The highest BCUT2D eigenvalue weighted by Crippen LogP contribution is 2.54. The Morgan fingerprint density at radius 2 is 2.11 bits per heavy atom. The number of methoxy groups -OCH3 is 1. The van der Waals surface area contributed by atoms with Gasteiger partial charge in [0.05, 0.1) is 25.7 Å². The predicted octanol–water partition coefficient (Wildman–Crippen LogP) is 2.04. The largest absolute Gasteiger partial charge is 0.469 e. The first-order valence-corrected chi connectivity index (χ1v) is 6.61. The van der Waals surface area contributed by atoms with Crippen LogP contribution in [-0.2, 0) is 19.0 Å². The van der Waals surface area contributed by atoms with E-state index in [2.05, 4.69) is 13.0 Å². The normalized spacial score (nSPS) is 37.4. The highest BCUT2D eigenvalue weighted by Gasteiger charge is 2.56. The zero-order valence-electron chi connectivity index (χ0n) is 11.0. The molecule has 1 aliphatic heterocycles. The van der Waals surface area contributed by atoms with E-state index in [4.69, 9.17) is 14.2 Å². The summed E-state index contributed by atoms with van der Waals surface area (Å²) in [5, 5.41) is 0. The third-order valence-corrected chi connectivity index (χ3v) is 4.40. The van der Waals surface area contributed by atoms with Crippen molar-refractivity contribution in [3.05, 3.63) is 11.6 Å². The van der Waals surface area contributed by atoms with Gasteiger partial charge in [0.2, 0.25) is 0 Å². The van der Waals surface area contributed by atoms with E-state index in [0.717, 1.165) is 19.3 Å². The van der Waals surface area contributed by atoms with Crippen molar-refractivity contribution in [2.75, 3.05) is 20.3 Å². The molecular formula is C14H20O4. The van der Waals surface area contributed by atoms with E-state index < -0.39 is 11.2 Å². The van der Waals surface area contributed by atoms with Gasteiger partial charge in [-0.1, -0.05) is 11.6 Å². The summed E-state index contributed by atoms with van der Waals surface area (Å²) in [6.07, 6.45) is 5.40. The number of ether oxygens (including phenoxy) is 3. The van der Waals surface area contributed by atoms with E-state index >= 15 is 0 Å². The molecule has 2 fully saturated rings. The van der Waals surface area contributed by atoms with Crippen LogP contribution in [0.25, 0.3) is 0 Å². The summed E-state index contributed by atoms with van der Waals surface area (Å²) >= 11 is 0. The first-order valence-electron chi connectivity index (χ1n) is 6.61. The van der Waals surface area contributed by atoms with Gasteiger partial charge in [0.25, 0.3) is 0 Å². The second-order valence-corrected chi connectivity index (χ2v) is 5.91. The Balaban J connectivity index is 1.96. The van der Waals surface area contributed by atoms with Gasteiger partial charge in [-0.3, -0.25) is 4.79 Å². The number of esters is 1. The molecule has 4 nitrogen and oxygen atoms in total. The van der Waals surface area contributed by atoms with Gasteiger partial charge < -0.3 is 14.2 Å². The van der Waals surface area contributed by atoms with E-state index in [1.54, 1.807) is 0 Å². The van der Waals surface area contributed by atoms with Crippen molar-refractivity contribution in [1.29, 1.82) is 0 Å². The summed E-state index contributed by atoms with van der Waals surface area (Å²) in [5.74, 6) is -0.295. The average Bonchev–Trinajstić information content (AvgIpc) is 2.74. The summed E-state index contributed by atoms with van der Waals surface area (Å²) < 4.78 is 16.7. The summed E-state index contributed by atoms with van der Waals surface area (Å²) in [5.41, 5.74) is 0.838. The molecule has 1 spiro atoms. The van der Waals surface area contributed by atoms with Crippen molar-refractivity contribution < 1.29 is 19.0 Å². The first-order chi connectivity index (χ1) is 8.57. The lowest BCUT2D eigenvalue weighted by atomic mass is 9.61. The molecule has 4 heteroatoms. The number of carbonyl (C=O) groups excluding carboxylic acids is 1. The van der Waals surface area contributed by atoms with Gasteiger partial charge in [-0.15, -0.1) is 0 Å². The second-order valence-electron chi connectivity index (χ2n) is 5.91. The Hall–Kier alpha value is -0.870. The molecular weight excluding hydrogens is 232 g/mol. The molecule has 1 saturated carbocycles. The molecule has 0 N–H and O–H groups in total. The third-order valence-electron chi connectivity index (χ3n) is 4.40. The van der Waals surface area contributed by atoms with Gasteiger partial charge in [0, 0.05) is 12.8 Å². The predicted molar refractivity (Wildman–Crippen MR) is 64.8 cm³/mol. The molecule has 0 radical (unpaired) electrons. The molecule has 0 amide bonds. The Bertz CT molecular complexity index is 395. The Morgan fingerprint density at radius 1 is 1.39 bits per heavy atom. The van der Waals surface area contributed by atoms with Crippen molar-refractivity contribution in [2.45, 2.75) is 38.4 Å². The number of hydrogen-bond acceptors (Lipinski definition) is 4. The maximum absolute atomic E-state index is 12.2. The molecule has 2 bridgehead atoms. The van der Waals surface area contributed by atoms with Crippen molar-refractivity contribution in [1.82, 2.24) is 0 Å². The van der Waals surface area contributed by atoms with Crippen LogP contribution in [0, 0.1) is 11.3 Å². The van der Waals surface area contributed by atoms with Crippen LogP contribution in [0.15, 0.2) is 11.6 Å². The van der Waals surface area contributed by atoms with Crippen LogP contribution in [0.5, 0.6) is 0 Å². The van der Waals surface area contributed by atoms with Crippen molar-refractivity contribution in [3.8, 4) is 0 Å². The number of hydrogen-bond donors (Lipinski definition) is 0. The molecule has 3 rings (SSSR count). The van der Waals surface area contributed by atoms with Crippen LogP contribution in [0.3, 0.4) is 0 Å². The van der Waals surface area contributed by atoms with Crippen LogP contribution in [-0.4, -0.2) is 32.1 Å². The minimum atomic E-state index is -0.547. The topological polar surface area (TPSA) is 44.8 Å². The Kier molecular flexibility index (Phi) is 2.75. The van der Waals surface area contributed by atoms with E-state index in [1.807, 2.05) is 0 Å². The molecule has 1 saturated heterocycles. The summed E-state index contributed by atoms with van der Waals surface area (Å²) in [6.45, 7) is 3.36. The molecule has 0 aromatic carbocycles. The van der Waals surface area contributed by atoms with Crippen molar-refractivity contribution in [3.63, 3.8) is 0 Å². The fraction of sp³-hybridized carbons (Fsp3) is 0.786. The number of rotatable bonds is 1. The maximum Gasteiger partial charge on any atom is 0.312 e. The van der Waals surface area contributed by atoms with Crippen LogP contribution in [0.1, 0.15) is 32.6 Å². The molecule has 100 valence electrons. The number of fused-ring (bicyclic) bond motifs is 2. The van der Waals surface area contributed by atoms with Crippen LogP contribution in [0.2, 0.25) is 0 Å². The van der Waals surface area contributed by atoms with Gasteiger partial charge in [-0.2, -0.15) is 0 Å². The number of allylic oxidation sites excluding steroid dienone is 2. The van der Waals surface area contributed by atoms with Gasteiger partial charge in [0.1, 0.15) is 0 Å². The monoisotopic (exact) mass is 252 g/mol. The van der Waals surface area contributed by atoms with Crippen molar-refractivity contribution >= 4 is 5.97 Å². The molecule has 0 aromatic heterocycles. The average molecular weight is 252 g/mol. The highest BCUT2D eigenvalue weighted by molar-refractivity contribution is 5.78. The second kappa shape index (κ2) is 4.07. The Morgan fingerprint density at radius 3 is 2.78 bits per heavy atom. The van der Waals surface area contributed by atoms with E-state index in [9.17, 15) is 4.79 Å². The molecule has 0 aromatic rings. The minimum Gasteiger partial charge on any atom is -0.469 e. The molecule has 2 atom stereocenters. The SMILES string of the molecule is COC(=O)C12CC(C)=CC(CC3(C1)OCCO3)C2. The molecule has 3 aliphatic rings. The maximum atomic E-state index is 12.2. The Labute approximate surface area is 107 Å². The third kappa shape index (κ3) is 1.79. The van der Waals surface area contributed by atoms with Gasteiger partial charge >= 0.3 is 5.97 Å². The van der Waals surface area contributed by atoms with E-state index in [1.165, 1.54) is 12.7 Å². The van der Waals surface area contributed by atoms with Crippen LogP contribution >= 0.6 is 0 Å². The van der Waals surface area contributed by atoms with Crippen LogP contribution in [0.4, 0.5) is 0 Å². The number of carbonyl (C=O) groups is 1. The van der Waals surface area contributed by atoms with E-state index in [0.29, 0.717) is 25.6 Å². The fourth-order valence-corrected chi connectivity index (χ4v) is 4.04. The van der Waals surface area contributed by atoms with Crippen LogP contribution < -0.4 is 0 Å². The fourth-order valence-electron chi connectivity index (χ4n) is 4.04. The summed E-state index contributed by atoms with van der Waals surface area (Å²) in [6, 6.07) is 0. The standard InChI is InChI=1S/C14H20O4/c1-10-5-11-7-13(6-10,12(15)16-2)9-14(8-11)17-3-4-18-14/h5,11H,3-4,6-9H2,1-2H3. The lowest BCUT2D eigenvalue weighted by Gasteiger charge is -2.48. The summed E-state index contributed by atoms with van der Waals surface area (Å²) in [7, 11) is 1.47. The summed E-state index contributed by atoms with van der Waals surface area (Å²) in [4.78, 5) is 12.2. The molecule has 2 aliphatic carbocycles. The molecule has 1 heterocycles. The first kappa shape index (κ1) is 12.2. The van der Waals surface area contributed by atoms with Gasteiger partial charge in [-0.05, 0) is 25.7 Å². The highest BCUT2D eigenvalue weighted by atomic mass is 16.7. The zero-order valence-corrected chi connectivity index (χ0v) is 11.0. The van der Waals surface area contributed by atoms with Gasteiger partial charge in [-0.25, -0.2) is 0 Å².